The van der Waals surface area contributed by atoms with E-state index in [9.17, 15) is 8.78 Å². The first-order chi connectivity index (χ1) is 9.61. The summed E-state index contributed by atoms with van der Waals surface area (Å²) in [5.74, 6) is -0.844. The lowest BCUT2D eigenvalue weighted by Gasteiger charge is -2.07. The highest BCUT2D eigenvalue weighted by Crippen LogP contribution is 2.14. The molecule has 2 aromatic rings. The van der Waals surface area contributed by atoms with Crippen molar-refractivity contribution in [1.82, 2.24) is 15.1 Å². The normalized spacial score (nSPS) is 11.0. The Kier molecular flexibility index (Phi) is 4.84. The molecule has 0 bridgehead atoms. The van der Waals surface area contributed by atoms with Gasteiger partial charge in [-0.3, -0.25) is 4.68 Å². The minimum atomic E-state index is -0.434. The third-order valence-electron chi connectivity index (χ3n) is 3.27. The van der Waals surface area contributed by atoms with Crippen molar-refractivity contribution in [1.29, 1.82) is 0 Å². The fourth-order valence-electron chi connectivity index (χ4n) is 2.04. The molecule has 108 valence electrons. The Morgan fingerprint density at radius 1 is 1.25 bits per heavy atom. The van der Waals surface area contributed by atoms with Crippen molar-refractivity contribution in [3.8, 4) is 0 Å². The molecule has 0 aliphatic heterocycles. The zero-order chi connectivity index (χ0) is 14.5. The van der Waals surface area contributed by atoms with E-state index in [0.717, 1.165) is 42.9 Å². The van der Waals surface area contributed by atoms with Gasteiger partial charge in [-0.2, -0.15) is 5.10 Å². The molecule has 0 radical (unpaired) electrons. The zero-order valence-corrected chi connectivity index (χ0v) is 11.8. The van der Waals surface area contributed by atoms with Crippen molar-refractivity contribution in [2.45, 2.75) is 33.4 Å². The van der Waals surface area contributed by atoms with Crippen LogP contribution in [0.1, 0.15) is 30.2 Å². The lowest BCUT2D eigenvalue weighted by Crippen LogP contribution is -2.14. The van der Waals surface area contributed by atoms with Gasteiger partial charge in [-0.1, -0.05) is 6.92 Å². The molecule has 20 heavy (non-hydrogen) atoms. The second kappa shape index (κ2) is 6.61. The summed E-state index contributed by atoms with van der Waals surface area (Å²) in [6, 6.07) is 3.48. The SMILES string of the molecule is CCCNCc1cnn(Cc2cc(F)ccc2F)c1C. The maximum Gasteiger partial charge on any atom is 0.128 e. The molecule has 1 heterocycles. The van der Waals surface area contributed by atoms with Gasteiger partial charge < -0.3 is 5.32 Å². The van der Waals surface area contributed by atoms with Crippen molar-refractivity contribution in [3.05, 3.63) is 52.9 Å². The molecule has 0 amide bonds. The quantitative estimate of drug-likeness (QED) is 0.824. The number of aromatic nitrogens is 2. The van der Waals surface area contributed by atoms with Crippen LogP contribution < -0.4 is 5.32 Å². The van der Waals surface area contributed by atoms with Crippen LogP contribution in [0.3, 0.4) is 0 Å². The maximum absolute atomic E-state index is 13.6. The molecule has 1 aromatic heterocycles. The summed E-state index contributed by atoms with van der Waals surface area (Å²) in [6.07, 6.45) is 2.84. The molecule has 1 aromatic carbocycles. The minimum absolute atomic E-state index is 0.239. The number of hydrogen-bond donors (Lipinski definition) is 1. The number of hydrogen-bond acceptors (Lipinski definition) is 2. The van der Waals surface area contributed by atoms with Gasteiger partial charge in [0.1, 0.15) is 11.6 Å². The third-order valence-corrected chi connectivity index (χ3v) is 3.27. The zero-order valence-electron chi connectivity index (χ0n) is 11.8. The van der Waals surface area contributed by atoms with Gasteiger partial charge >= 0.3 is 0 Å². The summed E-state index contributed by atoms with van der Waals surface area (Å²) in [5, 5.41) is 7.55. The Bertz CT molecular complexity index is 578. The predicted octanol–water partition coefficient (Wildman–Crippen LogP) is 3.02. The van der Waals surface area contributed by atoms with Crippen LogP contribution >= 0.6 is 0 Å². The van der Waals surface area contributed by atoms with Crippen molar-refractivity contribution >= 4 is 0 Å². The highest BCUT2D eigenvalue weighted by molar-refractivity contribution is 5.22. The Morgan fingerprint density at radius 3 is 2.80 bits per heavy atom. The van der Waals surface area contributed by atoms with Crippen molar-refractivity contribution in [2.24, 2.45) is 0 Å². The van der Waals surface area contributed by atoms with Crippen molar-refractivity contribution < 1.29 is 8.78 Å². The molecule has 0 saturated carbocycles. The van der Waals surface area contributed by atoms with E-state index in [1.165, 1.54) is 6.07 Å². The Balaban J connectivity index is 2.12. The lowest BCUT2D eigenvalue weighted by molar-refractivity contribution is 0.562. The first kappa shape index (κ1) is 14.7. The van der Waals surface area contributed by atoms with Crippen LogP contribution in [-0.4, -0.2) is 16.3 Å². The van der Waals surface area contributed by atoms with Gasteiger partial charge in [0.25, 0.3) is 0 Å². The highest BCUT2D eigenvalue weighted by Gasteiger charge is 2.09. The highest BCUT2D eigenvalue weighted by atomic mass is 19.1. The second-order valence-electron chi connectivity index (χ2n) is 4.83. The number of nitrogens with zero attached hydrogens (tertiary/aromatic N) is 2. The summed E-state index contributed by atoms with van der Waals surface area (Å²) >= 11 is 0. The van der Waals surface area contributed by atoms with Gasteiger partial charge in [0.15, 0.2) is 0 Å². The van der Waals surface area contributed by atoms with Gasteiger partial charge in [0.2, 0.25) is 0 Å². The Morgan fingerprint density at radius 2 is 2.05 bits per heavy atom. The fourth-order valence-corrected chi connectivity index (χ4v) is 2.04. The maximum atomic E-state index is 13.6. The van der Waals surface area contributed by atoms with E-state index in [2.05, 4.69) is 17.3 Å². The summed E-state index contributed by atoms with van der Waals surface area (Å²) in [7, 11) is 0. The van der Waals surface area contributed by atoms with Crippen LogP contribution in [0.5, 0.6) is 0 Å². The Labute approximate surface area is 117 Å². The van der Waals surface area contributed by atoms with Crippen molar-refractivity contribution in [3.63, 3.8) is 0 Å². The molecule has 0 aliphatic carbocycles. The van der Waals surface area contributed by atoms with Gasteiger partial charge in [-0.15, -0.1) is 0 Å². The monoisotopic (exact) mass is 279 g/mol. The number of nitrogens with one attached hydrogen (secondary N) is 1. The number of benzene rings is 1. The van der Waals surface area contributed by atoms with Crippen LogP contribution in [-0.2, 0) is 13.1 Å². The topological polar surface area (TPSA) is 29.9 Å². The predicted molar refractivity (Wildman–Crippen MR) is 74.4 cm³/mol. The number of rotatable bonds is 6. The first-order valence-electron chi connectivity index (χ1n) is 6.77. The first-order valence-corrected chi connectivity index (χ1v) is 6.77. The largest absolute Gasteiger partial charge is 0.313 e. The standard InChI is InChI=1S/C15H19F2N3/c1-3-6-18-8-13-9-19-20(11(13)2)10-12-7-14(16)4-5-15(12)17/h4-5,7,9,18H,3,6,8,10H2,1-2H3. The van der Waals surface area contributed by atoms with E-state index in [0.29, 0.717) is 5.56 Å². The second-order valence-corrected chi connectivity index (χ2v) is 4.83. The molecule has 0 spiro atoms. The van der Waals surface area contributed by atoms with Gasteiger partial charge in [0.05, 0.1) is 12.7 Å². The van der Waals surface area contributed by atoms with Crippen LogP contribution in [0.25, 0.3) is 0 Å². The molecular formula is C15H19F2N3. The van der Waals surface area contributed by atoms with Crippen LogP contribution in [0.15, 0.2) is 24.4 Å². The Hall–Kier alpha value is -1.75. The summed E-state index contributed by atoms with van der Waals surface area (Å²) in [5.41, 5.74) is 2.36. The average Bonchev–Trinajstić information content (AvgIpc) is 2.76. The summed E-state index contributed by atoms with van der Waals surface area (Å²) in [6.45, 7) is 5.97. The lowest BCUT2D eigenvalue weighted by atomic mass is 10.2. The number of halogens is 2. The minimum Gasteiger partial charge on any atom is -0.313 e. The molecule has 1 N–H and O–H groups in total. The average molecular weight is 279 g/mol. The van der Waals surface area contributed by atoms with Crippen LogP contribution in [0.4, 0.5) is 8.78 Å². The van der Waals surface area contributed by atoms with Crippen molar-refractivity contribution in [2.75, 3.05) is 6.54 Å². The molecule has 0 aliphatic rings. The van der Waals surface area contributed by atoms with Gasteiger partial charge in [-0.25, -0.2) is 8.78 Å². The van der Waals surface area contributed by atoms with E-state index in [1.54, 1.807) is 10.9 Å². The molecular weight excluding hydrogens is 260 g/mol. The van der Waals surface area contributed by atoms with E-state index in [-0.39, 0.29) is 6.54 Å². The van der Waals surface area contributed by atoms with E-state index in [4.69, 9.17) is 0 Å². The third kappa shape index (κ3) is 3.42. The molecule has 0 fully saturated rings. The van der Waals surface area contributed by atoms with Gasteiger partial charge in [-0.05, 0) is 38.1 Å². The van der Waals surface area contributed by atoms with E-state index in [1.807, 2.05) is 6.92 Å². The van der Waals surface area contributed by atoms with Crippen LogP contribution in [0.2, 0.25) is 0 Å². The smallest absolute Gasteiger partial charge is 0.128 e. The van der Waals surface area contributed by atoms with Crippen LogP contribution in [0, 0.1) is 18.6 Å². The molecule has 0 unspecified atom stereocenters. The molecule has 5 heteroatoms. The summed E-state index contributed by atoms with van der Waals surface area (Å²) in [4.78, 5) is 0. The molecule has 0 atom stereocenters. The fraction of sp³-hybridized carbons (Fsp3) is 0.400. The summed E-state index contributed by atoms with van der Waals surface area (Å²) < 4.78 is 28.5. The molecule has 0 saturated heterocycles. The molecule has 2 rings (SSSR count). The van der Waals surface area contributed by atoms with E-state index < -0.39 is 11.6 Å². The molecule has 3 nitrogen and oxygen atoms in total. The van der Waals surface area contributed by atoms with E-state index >= 15 is 0 Å². The van der Waals surface area contributed by atoms with Gasteiger partial charge in [0, 0.05) is 23.4 Å².